The predicted molar refractivity (Wildman–Crippen MR) is 140 cm³/mol. The summed E-state index contributed by atoms with van der Waals surface area (Å²) in [4.78, 5) is 47.9. The Hall–Kier alpha value is -3.90. The van der Waals surface area contributed by atoms with Crippen molar-refractivity contribution < 1.29 is 22.8 Å². The second-order valence-corrected chi connectivity index (χ2v) is 9.95. The number of dihydropyridines is 1. The summed E-state index contributed by atoms with van der Waals surface area (Å²) in [5.41, 5.74) is -1.84. The van der Waals surface area contributed by atoms with E-state index in [1.165, 1.54) is 36.8 Å². The number of alkyl halides is 2. The van der Waals surface area contributed by atoms with Gasteiger partial charge < -0.3 is 5.32 Å². The molecule has 4 heterocycles. The lowest BCUT2D eigenvalue weighted by Crippen LogP contribution is -2.51. The molecule has 1 saturated carbocycles. The van der Waals surface area contributed by atoms with Crippen molar-refractivity contribution in [1.82, 2.24) is 30.2 Å². The van der Waals surface area contributed by atoms with Gasteiger partial charge in [0.25, 0.3) is 11.8 Å². The highest BCUT2D eigenvalue weighted by molar-refractivity contribution is 6.29. The summed E-state index contributed by atoms with van der Waals surface area (Å²) >= 11 is 11.6. The van der Waals surface area contributed by atoms with Crippen molar-refractivity contribution in [3.8, 4) is 0 Å². The number of halogens is 5. The third kappa shape index (κ3) is 5.16. The van der Waals surface area contributed by atoms with Crippen molar-refractivity contribution in [3.63, 3.8) is 0 Å². The standard InChI is InChI=1S/C26H20Cl2F3N7O2/c27-23-33-10-15(11-34-23)21(39)38(22(40)16-12-35-24(28)36-13-16)19-14-32-9-5-18(19)26(20(29)2-1-8-37-26)17-3-6-25(30,31)7-4-17/h1-2,5,8-14,17,37H,3-4,6-7H2. The molecule has 14 heteroatoms. The normalized spacial score (nSPS) is 20.4. The molecule has 1 atom stereocenters. The molecule has 2 amide bonds. The maximum absolute atomic E-state index is 16.0. The molecule has 3 aromatic rings. The molecule has 0 saturated heterocycles. The Balaban J connectivity index is 1.69. The zero-order valence-corrected chi connectivity index (χ0v) is 22.1. The highest BCUT2D eigenvalue weighted by Crippen LogP contribution is 2.51. The summed E-state index contributed by atoms with van der Waals surface area (Å²) in [6.07, 6.45) is 10.4. The second kappa shape index (κ2) is 10.9. The fourth-order valence-corrected chi connectivity index (χ4v) is 5.23. The molecule has 0 spiro atoms. The van der Waals surface area contributed by atoms with E-state index in [9.17, 15) is 18.4 Å². The molecule has 9 nitrogen and oxygen atoms in total. The molecule has 5 rings (SSSR count). The number of rotatable bonds is 5. The number of hydrogen-bond donors (Lipinski definition) is 1. The van der Waals surface area contributed by atoms with Gasteiger partial charge in [0.2, 0.25) is 16.5 Å². The van der Waals surface area contributed by atoms with Crippen LogP contribution >= 0.6 is 23.2 Å². The van der Waals surface area contributed by atoms with Gasteiger partial charge in [-0.2, -0.15) is 0 Å². The van der Waals surface area contributed by atoms with Crippen molar-refractivity contribution >= 4 is 40.7 Å². The lowest BCUT2D eigenvalue weighted by Gasteiger charge is -2.45. The third-order valence-electron chi connectivity index (χ3n) is 6.96. The van der Waals surface area contributed by atoms with Crippen LogP contribution in [0.3, 0.4) is 0 Å². The van der Waals surface area contributed by atoms with E-state index in [-0.39, 0.29) is 45.8 Å². The van der Waals surface area contributed by atoms with Crippen LogP contribution in [0.5, 0.6) is 0 Å². The number of allylic oxidation sites excluding steroid dienone is 2. The summed E-state index contributed by atoms with van der Waals surface area (Å²) in [7, 11) is 0. The molecule has 0 aromatic carbocycles. The Morgan fingerprint density at radius 2 is 1.48 bits per heavy atom. The summed E-state index contributed by atoms with van der Waals surface area (Å²) in [6.45, 7) is 0. The van der Waals surface area contributed by atoms with E-state index in [0.29, 0.717) is 0 Å². The molecular weight excluding hydrogens is 570 g/mol. The fourth-order valence-electron chi connectivity index (χ4n) is 5.04. The summed E-state index contributed by atoms with van der Waals surface area (Å²) < 4.78 is 44.3. The zero-order valence-electron chi connectivity index (χ0n) is 20.6. The van der Waals surface area contributed by atoms with Gasteiger partial charge in [-0.15, -0.1) is 0 Å². The highest BCUT2D eigenvalue weighted by atomic mass is 35.5. The first-order valence-electron chi connectivity index (χ1n) is 12.1. The van der Waals surface area contributed by atoms with Gasteiger partial charge in [-0.05, 0) is 66.4 Å². The number of imide groups is 1. The Labute approximate surface area is 236 Å². The SMILES string of the molecule is O=C(c1cnc(Cl)nc1)N(C(=O)c1cnc(Cl)nc1)c1cnccc1C1(C2CCC(F)(F)CC2)NC=CC=C1F. The zero-order chi connectivity index (χ0) is 28.5. The summed E-state index contributed by atoms with van der Waals surface area (Å²) in [5, 5.41) is 2.79. The molecule has 1 aliphatic carbocycles. The smallest absolute Gasteiger partial charge is 0.268 e. The predicted octanol–water partition coefficient (Wildman–Crippen LogP) is 5.45. The number of pyridine rings is 1. The number of amides is 2. The second-order valence-electron chi connectivity index (χ2n) is 9.28. The maximum Gasteiger partial charge on any atom is 0.268 e. The van der Waals surface area contributed by atoms with Gasteiger partial charge in [0, 0.05) is 49.4 Å². The van der Waals surface area contributed by atoms with Crippen LogP contribution in [0.4, 0.5) is 18.9 Å². The van der Waals surface area contributed by atoms with E-state index < -0.39 is 47.9 Å². The van der Waals surface area contributed by atoms with Crippen molar-refractivity contribution in [1.29, 1.82) is 0 Å². The van der Waals surface area contributed by atoms with Crippen LogP contribution in [-0.2, 0) is 5.54 Å². The number of carbonyl (C=O) groups is 2. The number of anilines is 1. The van der Waals surface area contributed by atoms with Crippen molar-refractivity contribution in [2.75, 3.05) is 4.90 Å². The summed E-state index contributed by atoms with van der Waals surface area (Å²) in [5.74, 6) is -5.95. The molecular formula is C26H20Cl2F3N7O2. The fraction of sp³-hybridized carbons (Fsp3) is 0.269. The van der Waals surface area contributed by atoms with Gasteiger partial charge >= 0.3 is 0 Å². The largest absolute Gasteiger partial charge is 0.375 e. The van der Waals surface area contributed by atoms with Gasteiger partial charge in [-0.25, -0.2) is 38.0 Å². The summed E-state index contributed by atoms with van der Waals surface area (Å²) in [6, 6.07) is 1.45. The molecule has 1 fully saturated rings. The molecule has 0 radical (unpaired) electrons. The molecule has 1 aliphatic heterocycles. The van der Waals surface area contributed by atoms with Gasteiger partial charge in [0.1, 0.15) is 11.4 Å². The molecule has 0 bridgehead atoms. The molecule has 2 aliphatic rings. The number of carbonyl (C=O) groups excluding carboxylic acids is 2. The molecule has 1 N–H and O–H groups in total. The van der Waals surface area contributed by atoms with Crippen LogP contribution in [0.25, 0.3) is 0 Å². The van der Waals surface area contributed by atoms with Crippen LogP contribution in [0.2, 0.25) is 10.6 Å². The van der Waals surface area contributed by atoms with Crippen LogP contribution in [0.1, 0.15) is 52.0 Å². The van der Waals surface area contributed by atoms with Gasteiger partial charge in [0.15, 0.2) is 0 Å². The molecule has 1 unspecified atom stereocenters. The van der Waals surface area contributed by atoms with Crippen LogP contribution < -0.4 is 10.2 Å². The first-order valence-corrected chi connectivity index (χ1v) is 12.8. The molecule has 206 valence electrons. The van der Waals surface area contributed by atoms with E-state index in [0.717, 1.165) is 29.7 Å². The first kappa shape index (κ1) is 27.7. The molecule has 3 aromatic heterocycles. The van der Waals surface area contributed by atoms with Gasteiger partial charge in [-0.3, -0.25) is 14.6 Å². The number of hydrogen-bond acceptors (Lipinski definition) is 8. The molecule has 40 heavy (non-hydrogen) atoms. The van der Waals surface area contributed by atoms with E-state index in [4.69, 9.17) is 23.2 Å². The first-order chi connectivity index (χ1) is 19.1. The quantitative estimate of drug-likeness (QED) is 0.309. The van der Waals surface area contributed by atoms with E-state index >= 15 is 4.39 Å². The van der Waals surface area contributed by atoms with E-state index in [2.05, 4.69) is 30.2 Å². The number of aromatic nitrogens is 5. The highest BCUT2D eigenvalue weighted by Gasteiger charge is 2.51. The lowest BCUT2D eigenvalue weighted by molar-refractivity contribution is -0.0560. The monoisotopic (exact) mass is 589 g/mol. The number of nitrogens with zero attached hydrogens (tertiary/aromatic N) is 6. The third-order valence-corrected chi connectivity index (χ3v) is 7.35. The van der Waals surface area contributed by atoms with Crippen LogP contribution in [0, 0.1) is 5.92 Å². The van der Waals surface area contributed by atoms with Crippen molar-refractivity contribution in [2.24, 2.45) is 5.92 Å². The maximum atomic E-state index is 16.0. The van der Waals surface area contributed by atoms with E-state index in [1.807, 2.05) is 0 Å². The minimum absolute atomic E-state index is 0.0190. The Morgan fingerprint density at radius 1 is 0.925 bits per heavy atom. The van der Waals surface area contributed by atoms with E-state index in [1.54, 1.807) is 0 Å². The average Bonchev–Trinajstić information content (AvgIpc) is 2.95. The van der Waals surface area contributed by atoms with Crippen molar-refractivity contribution in [2.45, 2.75) is 37.1 Å². The Kier molecular flexibility index (Phi) is 7.56. The van der Waals surface area contributed by atoms with Gasteiger partial charge in [-0.1, -0.05) is 0 Å². The topological polar surface area (TPSA) is 114 Å². The lowest BCUT2D eigenvalue weighted by atomic mass is 9.68. The minimum Gasteiger partial charge on any atom is -0.375 e. The van der Waals surface area contributed by atoms with Crippen molar-refractivity contribution in [3.05, 3.63) is 94.7 Å². The Morgan fingerprint density at radius 3 is 2.00 bits per heavy atom. The Bertz CT molecular complexity index is 1440. The van der Waals surface area contributed by atoms with Crippen LogP contribution in [-0.4, -0.2) is 42.7 Å². The van der Waals surface area contributed by atoms with Crippen LogP contribution in [0.15, 0.2) is 67.4 Å². The number of nitrogens with one attached hydrogen (secondary N) is 1. The minimum atomic E-state index is -2.87. The van der Waals surface area contributed by atoms with Gasteiger partial charge in [0.05, 0.1) is 23.0 Å². The average molecular weight is 590 g/mol.